The molecule has 0 aromatic heterocycles. The third-order valence-corrected chi connectivity index (χ3v) is 1.77. The first-order chi connectivity index (χ1) is 3.42. The summed E-state index contributed by atoms with van der Waals surface area (Å²) in [5.74, 6) is 0. The Morgan fingerprint density at radius 2 is 1.60 bits per heavy atom. The summed E-state index contributed by atoms with van der Waals surface area (Å²) in [5, 5.41) is 0. The minimum absolute atomic E-state index is 0. The zero-order valence-corrected chi connectivity index (χ0v) is 5.41. The van der Waals surface area contributed by atoms with E-state index in [1.165, 1.54) is 0 Å². The van der Waals surface area contributed by atoms with Crippen molar-refractivity contribution >= 4 is 75.2 Å². The van der Waals surface area contributed by atoms with Crippen molar-refractivity contribution in [3.63, 3.8) is 0 Å². The first-order valence-corrected chi connectivity index (χ1v) is 4.19. The van der Waals surface area contributed by atoms with Gasteiger partial charge in [-0.3, -0.25) is 4.57 Å². The van der Waals surface area contributed by atoms with Crippen LogP contribution in [0, 0.1) is 0 Å². The Labute approximate surface area is 102 Å². The molecule has 0 bridgehead atoms. The molecule has 0 aliphatic rings. The van der Waals surface area contributed by atoms with E-state index in [0.29, 0.717) is 0 Å². The molecular formula is H6Na2O6P2. The van der Waals surface area contributed by atoms with Gasteiger partial charge in [-0.2, -0.15) is 0 Å². The summed E-state index contributed by atoms with van der Waals surface area (Å²) in [6.07, 6.45) is 0. The summed E-state index contributed by atoms with van der Waals surface area (Å²) in [6, 6.07) is 0. The van der Waals surface area contributed by atoms with E-state index in [0.717, 1.165) is 0 Å². The normalized spacial score (nSPS) is 12.7. The van der Waals surface area contributed by atoms with Crippen LogP contribution in [-0.4, -0.2) is 73.8 Å². The van der Waals surface area contributed by atoms with Crippen LogP contribution < -0.4 is 0 Å². The average Bonchev–Trinajstić information content (AvgIpc) is 1.21. The van der Waals surface area contributed by atoms with Gasteiger partial charge in [-0.1, -0.05) is 0 Å². The molecule has 0 saturated carbocycles. The van der Waals surface area contributed by atoms with Crippen LogP contribution in [-0.2, 0) is 13.4 Å². The zero-order valence-electron chi connectivity index (χ0n) is 3.51. The van der Waals surface area contributed by atoms with Crippen molar-refractivity contribution < 1.29 is 28.1 Å². The van der Waals surface area contributed by atoms with E-state index in [1.54, 1.807) is 0 Å². The molecule has 0 spiro atoms. The third-order valence-electron chi connectivity index (χ3n) is 0.197. The van der Waals surface area contributed by atoms with Crippen LogP contribution >= 0.6 is 16.1 Å². The number of hydrogen-bond donors (Lipinski definition) is 3. The topological polar surface area (TPSA) is 104 Å². The number of phosphoric acid groups is 1. The van der Waals surface area contributed by atoms with Crippen LogP contribution in [0.5, 0.6) is 0 Å². The zero-order chi connectivity index (χ0) is 6.78. The molecule has 10 heteroatoms. The Hall–Kier alpha value is 2.30. The molecule has 1 atom stereocenters. The van der Waals surface area contributed by atoms with Gasteiger partial charge < -0.3 is 14.7 Å². The second kappa shape index (κ2) is 7.92. The summed E-state index contributed by atoms with van der Waals surface area (Å²) >= 11 is 0. The van der Waals surface area contributed by atoms with Crippen LogP contribution in [0.25, 0.3) is 0 Å². The van der Waals surface area contributed by atoms with Crippen molar-refractivity contribution in [1.82, 2.24) is 0 Å². The monoisotopic (exact) mass is 210 g/mol. The van der Waals surface area contributed by atoms with E-state index in [9.17, 15) is 9.13 Å². The summed E-state index contributed by atoms with van der Waals surface area (Å²) in [7, 11) is -8.24. The molecule has 0 aliphatic carbocycles. The Bertz CT molecular complexity index is 137. The van der Waals surface area contributed by atoms with E-state index in [1.807, 2.05) is 0 Å². The minimum atomic E-state index is -4.74. The molecule has 0 heterocycles. The van der Waals surface area contributed by atoms with E-state index >= 15 is 0 Å². The standard InChI is InChI=1S/2Na.H4O6P2.2H/c;;1-7(2)6-8(3,4)5;;/h;;7H,(H,1,2)(H2,3,4,5);;. The van der Waals surface area contributed by atoms with Crippen molar-refractivity contribution in [3.05, 3.63) is 0 Å². The fourth-order valence-electron chi connectivity index (χ4n) is 0.102. The van der Waals surface area contributed by atoms with Crippen LogP contribution in [0.1, 0.15) is 0 Å². The Morgan fingerprint density at radius 3 is 1.60 bits per heavy atom. The molecule has 0 amide bonds. The summed E-state index contributed by atoms with van der Waals surface area (Å²) < 4.78 is 22.3. The molecule has 1 unspecified atom stereocenters. The molecule has 3 N–H and O–H groups in total. The van der Waals surface area contributed by atoms with Crippen molar-refractivity contribution in [2.24, 2.45) is 0 Å². The van der Waals surface area contributed by atoms with Crippen molar-refractivity contribution in [2.45, 2.75) is 0 Å². The SMILES string of the molecule is O=[PH](O)OP(=O)(O)O.[NaH].[NaH]. The van der Waals surface area contributed by atoms with Crippen molar-refractivity contribution in [3.8, 4) is 0 Å². The summed E-state index contributed by atoms with van der Waals surface area (Å²) in [5.41, 5.74) is 0. The van der Waals surface area contributed by atoms with Crippen LogP contribution in [0.4, 0.5) is 0 Å². The van der Waals surface area contributed by atoms with Gasteiger partial charge >= 0.3 is 75.2 Å². The van der Waals surface area contributed by atoms with Gasteiger partial charge in [0.2, 0.25) is 0 Å². The van der Waals surface area contributed by atoms with E-state index < -0.39 is 16.1 Å². The van der Waals surface area contributed by atoms with Gasteiger partial charge in [0.05, 0.1) is 0 Å². The van der Waals surface area contributed by atoms with Gasteiger partial charge in [-0.05, 0) is 0 Å². The fourth-order valence-corrected chi connectivity index (χ4v) is 0.916. The van der Waals surface area contributed by atoms with Gasteiger partial charge in [-0.25, -0.2) is 8.88 Å². The molecule has 0 saturated heterocycles. The molecule has 54 valence electrons. The van der Waals surface area contributed by atoms with E-state index in [4.69, 9.17) is 14.7 Å². The quantitative estimate of drug-likeness (QED) is 0.366. The maximum absolute atomic E-state index is 9.58. The molecule has 6 nitrogen and oxygen atoms in total. The van der Waals surface area contributed by atoms with Crippen molar-refractivity contribution in [2.75, 3.05) is 0 Å². The Kier molecular flexibility index (Phi) is 14.4. The molecule has 0 aromatic rings. The first kappa shape index (κ1) is 18.2. The summed E-state index contributed by atoms with van der Waals surface area (Å²) in [4.78, 5) is 23.2. The van der Waals surface area contributed by atoms with E-state index in [2.05, 4.69) is 4.31 Å². The maximum atomic E-state index is 9.58. The predicted octanol–water partition coefficient (Wildman–Crippen LogP) is -1.82. The van der Waals surface area contributed by atoms with Gasteiger partial charge in [0.1, 0.15) is 0 Å². The van der Waals surface area contributed by atoms with E-state index in [-0.39, 0.29) is 59.1 Å². The second-order valence-corrected chi connectivity index (χ2v) is 3.09. The molecule has 0 radical (unpaired) electrons. The molecular weight excluding hydrogens is 204 g/mol. The summed E-state index contributed by atoms with van der Waals surface area (Å²) in [6.45, 7) is 0. The molecule has 10 heavy (non-hydrogen) atoms. The van der Waals surface area contributed by atoms with Crippen LogP contribution in [0.2, 0.25) is 0 Å². The van der Waals surface area contributed by atoms with Crippen LogP contribution in [0.15, 0.2) is 0 Å². The van der Waals surface area contributed by atoms with Crippen LogP contribution in [0.3, 0.4) is 0 Å². The number of hydrogen-bond acceptors (Lipinski definition) is 3. The molecule has 0 rings (SSSR count). The number of rotatable bonds is 2. The predicted molar refractivity (Wildman–Crippen MR) is 38.6 cm³/mol. The van der Waals surface area contributed by atoms with Gasteiger partial charge in [0.25, 0.3) is 0 Å². The second-order valence-electron chi connectivity index (χ2n) is 0.848. The fraction of sp³-hybridized carbons (Fsp3) is 0. The van der Waals surface area contributed by atoms with Gasteiger partial charge in [0.15, 0.2) is 0 Å². The van der Waals surface area contributed by atoms with Crippen molar-refractivity contribution in [1.29, 1.82) is 0 Å². The molecule has 0 fully saturated rings. The first-order valence-electron chi connectivity index (χ1n) is 1.40. The molecule has 0 aliphatic heterocycles. The third kappa shape index (κ3) is 16.7. The van der Waals surface area contributed by atoms with Gasteiger partial charge in [0, 0.05) is 0 Å². The average molecular weight is 210 g/mol. The van der Waals surface area contributed by atoms with Gasteiger partial charge in [-0.15, -0.1) is 0 Å². The Morgan fingerprint density at radius 1 is 1.30 bits per heavy atom. The molecule has 0 aromatic carbocycles. The Balaban J connectivity index is -0.000000245.